The van der Waals surface area contributed by atoms with Crippen molar-refractivity contribution in [3.8, 4) is 0 Å². The third-order valence-electron chi connectivity index (χ3n) is 2.80. The van der Waals surface area contributed by atoms with Crippen molar-refractivity contribution in [2.24, 2.45) is 11.3 Å². The van der Waals surface area contributed by atoms with Crippen molar-refractivity contribution < 1.29 is 5.11 Å². The van der Waals surface area contributed by atoms with Crippen LogP contribution in [0.1, 0.15) is 26.2 Å². The van der Waals surface area contributed by atoms with Gasteiger partial charge in [-0.05, 0) is 44.2 Å². The van der Waals surface area contributed by atoms with E-state index in [-0.39, 0.29) is 0 Å². The molecule has 0 bridgehead atoms. The van der Waals surface area contributed by atoms with E-state index in [1.165, 1.54) is 19.3 Å². The van der Waals surface area contributed by atoms with E-state index >= 15 is 0 Å². The summed E-state index contributed by atoms with van der Waals surface area (Å²) in [6.07, 6.45) is 3.68. The Morgan fingerprint density at radius 3 is 2.64 bits per heavy atom. The van der Waals surface area contributed by atoms with Crippen LogP contribution in [-0.2, 0) is 0 Å². The van der Waals surface area contributed by atoms with E-state index in [0.29, 0.717) is 17.9 Å². The van der Waals surface area contributed by atoms with E-state index in [4.69, 9.17) is 5.11 Å². The van der Waals surface area contributed by atoms with E-state index in [1.807, 2.05) is 7.05 Å². The molecule has 2 heteroatoms. The van der Waals surface area contributed by atoms with E-state index < -0.39 is 0 Å². The third-order valence-corrected chi connectivity index (χ3v) is 2.80. The Kier molecular flexibility index (Phi) is 2.90. The van der Waals surface area contributed by atoms with Crippen molar-refractivity contribution in [2.75, 3.05) is 20.2 Å². The molecule has 2 nitrogen and oxygen atoms in total. The first-order chi connectivity index (χ1) is 5.20. The fourth-order valence-electron chi connectivity index (χ4n) is 2.09. The molecule has 0 saturated heterocycles. The van der Waals surface area contributed by atoms with Gasteiger partial charge in [0, 0.05) is 6.61 Å². The molecular formula is C9H19NO. The Morgan fingerprint density at radius 2 is 2.18 bits per heavy atom. The lowest BCUT2D eigenvalue weighted by molar-refractivity contribution is 0.0253. The normalized spacial score (nSPS) is 36.8. The molecule has 66 valence electrons. The zero-order chi connectivity index (χ0) is 8.32. The van der Waals surface area contributed by atoms with Gasteiger partial charge in [-0.3, -0.25) is 0 Å². The third kappa shape index (κ3) is 2.17. The zero-order valence-electron chi connectivity index (χ0n) is 7.56. The SMILES string of the molecule is CNCCC1(C)CC(CO)C1. The maximum atomic E-state index is 8.83. The van der Waals surface area contributed by atoms with E-state index in [0.717, 1.165) is 6.54 Å². The van der Waals surface area contributed by atoms with Crippen LogP contribution in [0.3, 0.4) is 0 Å². The van der Waals surface area contributed by atoms with Gasteiger partial charge in [0.25, 0.3) is 0 Å². The molecule has 0 radical (unpaired) electrons. The molecule has 1 fully saturated rings. The summed E-state index contributed by atoms with van der Waals surface area (Å²) in [7, 11) is 1.99. The molecule has 0 aromatic carbocycles. The summed E-state index contributed by atoms with van der Waals surface area (Å²) in [6, 6.07) is 0. The van der Waals surface area contributed by atoms with Gasteiger partial charge in [-0.15, -0.1) is 0 Å². The monoisotopic (exact) mass is 157 g/mol. The van der Waals surface area contributed by atoms with Crippen molar-refractivity contribution >= 4 is 0 Å². The average Bonchev–Trinajstić information content (AvgIpc) is 1.95. The highest BCUT2D eigenvalue weighted by molar-refractivity contribution is 4.89. The number of aliphatic hydroxyl groups excluding tert-OH is 1. The van der Waals surface area contributed by atoms with Crippen LogP contribution in [0.2, 0.25) is 0 Å². The molecule has 1 aliphatic carbocycles. The number of hydrogen-bond donors (Lipinski definition) is 2. The summed E-state index contributed by atoms with van der Waals surface area (Å²) in [4.78, 5) is 0. The van der Waals surface area contributed by atoms with Crippen molar-refractivity contribution in [1.82, 2.24) is 5.32 Å². The van der Waals surface area contributed by atoms with Gasteiger partial charge < -0.3 is 10.4 Å². The Hall–Kier alpha value is -0.0800. The molecule has 0 aromatic heterocycles. The molecule has 1 rings (SSSR count). The molecule has 0 amide bonds. The van der Waals surface area contributed by atoms with Crippen LogP contribution in [0, 0.1) is 11.3 Å². The standard InChI is InChI=1S/C9H19NO/c1-9(3-4-10-2)5-8(6-9)7-11/h8,10-11H,3-7H2,1-2H3. The molecule has 0 aromatic rings. The van der Waals surface area contributed by atoms with Gasteiger partial charge in [0.05, 0.1) is 0 Å². The highest BCUT2D eigenvalue weighted by atomic mass is 16.3. The lowest BCUT2D eigenvalue weighted by Crippen LogP contribution is -2.38. The van der Waals surface area contributed by atoms with Crippen molar-refractivity contribution in [3.63, 3.8) is 0 Å². The Morgan fingerprint density at radius 1 is 1.55 bits per heavy atom. The average molecular weight is 157 g/mol. The van der Waals surface area contributed by atoms with Crippen LogP contribution in [-0.4, -0.2) is 25.3 Å². The summed E-state index contributed by atoms with van der Waals surface area (Å²) >= 11 is 0. The molecule has 1 aliphatic rings. The van der Waals surface area contributed by atoms with Gasteiger partial charge >= 0.3 is 0 Å². The minimum Gasteiger partial charge on any atom is -0.396 e. The molecule has 0 heterocycles. The zero-order valence-corrected chi connectivity index (χ0v) is 7.56. The van der Waals surface area contributed by atoms with E-state index in [2.05, 4.69) is 12.2 Å². The molecular weight excluding hydrogens is 138 g/mol. The van der Waals surface area contributed by atoms with Gasteiger partial charge in [-0.2, -0.15) is 0 Å². The van der Waals surface area contributed by atoms with Gasteiger partial charge in [0.15, 0.2) is 0 Å². The Balaban J connectivity index is 2.15. The molecule has 0 aliphatic heterocycles. The first kappa shape index (κ1) is 9.01. The lowest BCUT2D eigenvalue weighted by Gasteiger charge is -2.44. The minimum absolute atomic E-state index is 0.384. The van der Waals surface area contributed by atoms with E-state index in [1.54, 1.807) is 0 Å². The topological polar surface area (TPSA) is 32.3 Å². The first-order valence-electron chi connectivity index (χ1n) is 4.46. The van der Waals surface area contributed by atoms with Crippen LogP contribution < -0.4 is 5.32 Å². The van der Waals surface area contributed by atoms with Gasteiger partial charge in [-0.1, -0.05) is 6.92 Å². The summed E-state index contributed by atoms with van der Waals surface area (Å²) < 4.78 is 0. The fourth-order valence-corrected chi connectivity index (χ4v) is 2.09. The molecule has 0 spiro atoms. The second-order valence-electron chi connectivity index (χ2n) is 4.12. The number of rotatable bonds is 4. The van der Waals surface area contributed by atoms with Crippen molar-refractivity contribution in [3.05, 3.63) is 0 Å². The largest absolute Gasteiger partial charge is 0.396 e. The van der Waals surface area contributed by atoms with Crippen LogP contribution in [0.25, 0.3) is 0 Å². The smallest absolute Gasteiger partial charge is 0.0459 e. The Bertz CT molecular complexity index is 113. The molecule has 0 unspecified atom stereocenters. The summed E-state index contributed by atoms with van der Waals surface area (Å²) in [5.41, 5.74) is 0.524. The summed E-state index contributed by atoms with van der Waals surface area (Å²) in [6.45, 7) is 3.81. The first-order valence-corrected chi connectivity index (χ1v) is 4.46. The van der Waals surface area contributed by atoms with Crippen LogP contribution in [0.15, 0.2) is 0 Å². The minimum atomic E-state index is 0.384. The van der Waals surface area contributed by atoms with E-state index in [9.17, 15) is 0 Å². The second-order valence-corrected chi connectivity index (χ2v) is 4.12. The molecule has 0 atom stereocenters. The Labute approximate surface area is 69.0 Å². The van der Waals surface area contributed by atoms with Crippen LogP contribution in [0.5, 0.6) is 0 Å². The van der Waals surface area contributed by atoms with Gasteiger partial charge in [0.2, 0.25) is 0 Å². The van der Waals surface area contributed by atoms with Gasteiger partial charge in [-0.25, -0.2) is 0 Å². The molecule has 11 heavy (non-hydrogen) atoms. The number of nitrogens with one attached hydrogen (secondary N) is 1. The maximum Gasteiger partial charge on any atom is 0.0459 e. The second kappa shape index (κ2) is 3.55. The summed E-state index contributed by atoms with van der Waals surface area (Å²) in [5, 5.41) is 12.0. The van der Waals surface area contributed by atoms with Crippen LogP contribution in [0.4, 0.5) is 0 Å². The maximum absolute atomic E-state index is 8.83. The summed E-state index contributed by atoms with van der Waals surface area (Å²) in [5.74, 6) is 0.594. The molecule has 2 N–H and O–H groups in total. The number of aliphatic hydroxyl groups is 1. The van der Waals surface area contributed by atoms with Crippen molar-refractivity contribution in [2.45, 2.75) is 26.2 Å². The van der Waals surface area contributed by atoms with Crippen molar-refractivity contribution in [1.29, 1.82) is 0 Å². The number of hydrogen-bond acceptors (Lipinski definition) is 2. The fraction of sp³-hybridized carbons (Fsp3) is 1.00. The molecule has 1 saturated carbocycles. The predicted octanol–water partition coefficient (Wildman–Crippen LogP) is 1.00. The lowest BCUT2D eigenvalue weighted by atomic mass is 9.62. The highest BCUT2D eigenvalue weighted by Gasteiger charge is 2.38. The quantitative estimate of drug-likeness (QED) is 0.638. The predicted molar refractivity (Wildman–Crippen MR) is 46.5 cm³/mol. The van der Waals surface area contributed by atoms with Crippen LogP contribution >= 0.6 is 0 Å². The highest BCUT2D eigenvalue weighted by Crippen LogP contribution is 2.47. The van der Waals surface area contributed by atoms with Gasteiger partial charge in [0.1, 0.15) is 0 Å².